The molecular formula is C14H22N2O4S. The minimum atomic E-state index is -0.692. The maximum absolute atomic E-state index is 12.9. The third-order valence-corrected chi connectivity index (χ3v) is 4.78. The highest BCUT2D eigenvalue weighted by Gasteiger charge is 2.47. The fourth-order valence-corrected chi connectivity index (χ4v) is 3.43. The number of carbonyl (C=O) groups excluding carboxylic acids is 2. The number of nitrogens with two attached hydrogens (primary N) is 1. The number of carbonyl (C=O) groups is 2. The van der Waals surface area contributed by atoms with Gasteiger partial charge < -0.3 is 20.1 Å². The van der Waals surface area contributed by atoms with E-state index in [1.165, 1.54) is 7.11 Å². The van der Waals surface area contributed by atoms with Gasteiger partial charge in [0.25, 0.3) is 0 Å². The summed E-state index contributed by atoms with van der Waals surface area (Å²) in [7, 11) is 1.34. The Morgan fingerprint density at radius 3 is 2.67 bits per heavy atom. The Hall–Kier alpha value is -1.21. The summed E-state index contributed by atoms with van der Waals surface area (Å²) < 4.78 is 10.2. The van der Waals surface area contributed by atoms with E-state index in [4.69, 9.17) is 22.7 Å². The summed E-state index contributed by atoms with van der Waals surface area (Å²) in [4.78, 5) is 26.2. The molecule has 1 aliphatic heterocycles. The van der Waals surface area contributed by atoms with Crippen molar-refractivity contribution in [3.05, 3.63) is 0 Å². The molecule has 21 heavy (non-hydrogen) atoms. The smallest absolute Gasteiger partial charge is 0.308 e. The van der Waals surface area contributed by atoms with Crippen molar-refractivity contribution >= 4 is 29.1 Å². The van der Waals surface area contributed by atoms with Crippen molar-refractivity contribution in [3.8, 4) is 0 Å². The molecule has 0 radical (unpaired) electrons. The summed E-state index contributed by atoms with van der Waals surface area (Å²) >= 11 is 5.16. The van der Waals surface area contributed by atoms with Crippen LogP contribution in [0.3, 0.4) is 0 Å². The molecule has 0 aromatic heterocycles. The van der Waals surface area contributed by atoms with Gasteiger partial charge in [0, 0.05) is 13.1 Å². The Balaban J connectivity index is 2.04. The molecule has 1 saturated heterocycles. The van der Waals surface area contributed by atoms with Crippen LogP contribution in [0.2, 0.25) is 0 Å². The maximum atomic E-state index is 12.9. The first kappa shape index (κ1) is 16.2. The zero-order chi connectivity index (χ0) is 15.5. The topological polar surface area (TPSA) is 81.9 Å². The molecule has 1 aliphatic carbocycles. The second kappa shape index (κ2) is 6.70. The highest BCUT2D eigenvalue weighted by Crippen LogP contribution is 2.40. The number of thiocarbonyl (C=S) groups is 1. The first-order valence-electron chi connectivity index (χ1n) is 7.27. The molecule has 0 aromatic rings. The lowest BCUT2D eigenvalue weighted by molar-refractivity contribution is -0.152. The summed E-state index contributed by atoms with van der Waals surface area (Å²) in [6, 6.07) is 0. The van der Waals surface area contributed by atoms with Crippen molar-refractivity contribution in [2.45, 2.75) is 38.2 Å². The Kier molecular flexibility index (Phi) is 5.16. The van der Waals surface area contributed by atoms with E-state index in [2.05, 4.69) is 4.74 Å². The Labute approximate surface area is 129 Å². The molecule has 1 amide bonds. The van der Waals surface area contributed by atoms with Gasteiger partial charge in [0.1, 0.15) is 0 Å². The van der Waals surface area contributed by atoms with Gasteiger partial charge in [-0.2, -0.15) is 0 Å². The van der Waals surface area contributed by atoms with Gasteiger partial charge in [0.05, 0.1) is 36.6 Å². The van der Waals surface area contributed by atoms with Crippen molar-refractivity contribution < 1.29 is 19.1 Å². The quantitative estimate of drug-likeness (QED) is 0.605. The number of esters is 1. The van der Waals surface area contributed by atoms with E-state index >= 15 is 0 Å². The number of morpholine rings is 1. The molecule has 2 N–H and O–H groups in total. The monoisotopic (exact) mass is 314 g/mol. The Morgan fingerprint density at radius 2 is 2.10 bits per heavy atom. The van der Waals surface area contributed by atoms with Crippen LogP contribution < -0.4 is 5.73 Å². The van der Waals surface area contributed by atoms with Gasteiger partial charge in [-0.15, -0.1) is 0 Å². The van der Waals surface area contributed by atoms with Crippen molar-refractivity contribution in [2.24, 2.45) is 11.1 Å². The Bertz CT molecular complexity index is 435. The largest absolute Gasteiger partial charge is 0.469 e. The number of hydrogen-bond acceptors (Lipinski definition) is 5. The van der Waals surface area contributed by atoms with Crippen molar-refractivity contribution in [1.29, 1.82) is 0 Å². The van der Waals surface area contributed by atoms with Crippen molar-refractivity contribution in [1.82, 2.24) is 4.90 Å². The molecule has 0 aromatic carbocycles. The van der Waals surface area contributed by atoms with E-state index in [1.54, 1.807) is 4.90 Å². The summed E-state index contributed by atoms with van der Waals surface area (Å²) in [6.07, 6.45) is 3.22. The molecular weight excluding hydrogens is 292 g/mol. The summed E-state index contributed by atoms with van der Waals surface area (Å²) in [6.45, 7) is 1.32. The molecule has 7 heteroatoms. The molecule has 0 spiro atoms. The standard InChI is InChI=1S/C14H22N2O4S/c1-19-11(17)8-10-9-16(6-7-20-10)13(18)14(12(15)21)4-2-3-5-14/h10H,2-9H2,1H3,(H2,15,21). The van der Waals surface area contributed by atoms with Crippen LogP contribution in [-0.4, -0.2) is 54.7 Å². The SMILES string of the molecule is COC(=O)CC1CN(C(=O)C2(C(N)=S)CCCC2)CCO1. The summed E-state index contributed by atoms with van der Waals surface area (Å²) in [5, 5.41) is 0. The highest BCUT2D eigenvalue weighted by molar-refractivity contribution is 7.80. The van der Waals surface area contributed by atoms with Gasteiger partial charge in [0.2, 0.25) is 5.91 Å². The van der Waals surface area contributed by atoms with Crippen LogP contribution in [0.25, 0.3) is 0 Å². The molecule has 118 valence electrons. The zero-order valence-corrected chi connectivity index (χ0v) is 13.1. The predicted molar refractivity (Wildman–Crippen MR) is 80.6 cm³/mol. The molecule has 2 aliphatic rings. The van der Waals surface area contributed by atoms with Crippen LogP contribution in [0.5, 0.6) is 0 Å². The summed E-state index contributed by atoms with van der Waals surface area (Å²) in [5.41, 5.74) is 5.16. The van der Waals surface area contributed by atoms with Crippen LogP contribution >= 0.6 is 12.2 Å². The van der Waals surface area contributed by atoms with E-state index in [0.29, 0.717) is 24.7 Å². The van der Waals surface area contributed by atoms with Gasteiger partial charge in [-0.3, -0.25) is 9.59 Å². The van der Waals surface area contributed by atoms with Crippen molar-refractivity contribution in [2.75, 3.05) is 26.8 Å². The van der Waals surface area contributed by atoms with Gasteiger partial charge in [-0.05, 0) is 12.8 Å². The Morgan fingerprint density at radius 1 is 1.43 bits per heavy atom. The van der Waals surface area contributed by atoms with Crippen LogP contribution in [0.15, 0.2) is 0 Å². The number of ether oxygens (including phenoxy) is 2. The average molecular weight is 314 g/mol. The fourth-order valence-electron chi connectivity index (χ4n) is 3.14. The lowest BCUT2D eigenvalue weighted by Gasteiger charge is -2.38. The molecule has 1 heterocycles. The number of amides is 1. The molecule has 1 unspecified atom stereocenters. The van der Waals surface area contributed by atoms with Crippen LogP contribution in [0.1, 0.15) is 32.1 Å². The van der Waals surface area contributed by atoms with Gasteiger partial charge in [-0.1, -0.05) is 25.1 Å². The first-order chi connectivity index (χ1) is 9.99. The molecule has 2 fully saturated rings. The maximum Gasteiger partial charge on any atom is 0.308 e. The number of hydrogen-bond donors (Lipinski definition) is 1. The lowest BCUT2D eigenvalue weighted by atomic mass is 9.84. The molecule has 6 nitrogen and oxygen atoms in total. The molecule has 0 bridgehead atoms. The van der Waals surface area contributed by atoms with Crippen LogP contribution in [0, 0.1) is 5.41 Å². The molecule has 2 rings (SSSR count). The normalized spacial score (nSPS) is 24.6. The highest BCUT2D eigenvalue weighted by atomic mass is 32.1. The lowest BCUT2D eigenvalue weighted by Crippen LogP contribution is -2.54. The van der Waals surface area contributed by atoms with Crippen LogP contribution in [-0.2, 0) is 19.1 Å². The zero-order valence-electron chi connectivity index (χ0n) is 12.3. The minimum Gasteiger partial charge on any atom is -0.469 e. The number of nitrogens with zero attached hydrogens (tertiary/aromatic N) is 1. The average Bonchev–Trinajstić information content (AvgIpc) is 2.97. The van der Waals surface area contributed by atoms with Gasteiger partial charge in [-0.25, -0.2) is 0 Å². The summed E-state index contributed by atoms with van der Waals surface area (Å²) in [5.74, 6) is -0.343. The molecule has 1 atom stereocenters. The van der Waals surface area contributed by atoms with E-state index in [1.807, 2.05) is 0 Å². The first-order valence-corrected chi connectivity index (χ1v) is 7.68. The third kappa shape index (κ3) is 3.35. The van der Waals surface area contributed by atoms with Gasteiger partial charge in [0.15, 0.2) is 0 Å². The predicted octanol–water partition coefficient (Wildman–Crippen LogP) is 0.623. The molecule has 1 saturated carbocycles. The van der Waals surface area contributed by atoms with Gasteiger partial charge >= 0.3 is 5.97 Å². The number of rotatable bonds is 4. The van der Waals surface area contributed by atoms with E-state index < -0.39 is 5.41 Å². The fraction of sp³-hybridized carbons (Fsp3) is 0.786. The van der Waals surface area contributed by atoms with E-state index in [9.17, 15) is 9.59 Å². The van der Waals surface area contributed by atoms with E-state index in [-0.39, 0.29) is 24.4 Å². The van der Waals surface area contributed by atoms with Crippen molar-refractivity contribution in [3.63, 3.8) is 0 Å². The van der Waals surface area contributed by atoms with Crippen LogP contribution in [0.4, 0.5) is 0 Å². The second-order valence-corrected chi connectivity index (χ2v) is 6.12. The minimum absolute atomic E-state index is 0.00864. The van der Waals surface area contributed by atoms with E-state index in [0.717, 1.165) is 25.7 Å². The second-order valence-electron chi connectivity index (χ2n) is 5.68. The third-order valence-electron chi connectivity index (χ3n) is 4.39. The number of methoxy groups -OCH3 is 1.